The van der Waals surface area contributed by atoms with E-state index in [-0.39, 0.29) is 17.7 Å². The van der Waals surface area contributed by atoms with Crippen molar-refractivity contribution in [1.82, 2.24) is 4.90 Å². The van der Waals surface area contributed by atoms with Gasteiger partial charge in [0.25, 0.3) is 0 Å². The zero-order chi connectivity index (χ0) is 22.3. The van der Waals surface area contributed by atoms with Crippen molar-refractivity contribution in [2.45, 2.75) is 64.2 Å². The average Bonchev–Trinajstić information content (AvgIpc) is 2.70. The fraction of sp³-hybridized carbons (Fsp3) is 0.519. The SMILES string of the molecule is CC(C)(C)N1CC2(Cc3ccccc3)CC(=O)CC([C@@H](O)Cc3ccccc3)(C1)C2O. The number of carbonyl (C=O) groups excluding carboxylic acids is 1. The summed E-state index contributed by atoms with van der Waals surface area (Å²) in [5, 5.41) is 23.4. The van der Waals surface area contributed by atoms with E-state index in [0.29, 0.717) is 32.4 Å². The molecule has 0 radical (unpaired) electrons. The lowest BCUT2D eigenvalue weighted by atomic mass is 9.52. The second-order valence-corrected chi connectivity index (χ2v) is 10.8. The van der Waals surface area contributed by atoms with Gasteiger partial charge in [0.1, 0.15) is 5.78 Å². The molecular weight excluding hydrogens is 386 g/mol. The van der Waals surface area contributed by atoms with Crippen molar-refractivity contribution in [3.8, 4) is 0 Å². The van der Waals surface area contributed by atoms with Gasteiger partial charge in [0, 0.05) is 42.3 Å². The Balaban J connectivity index is 1.75. The van der Waals surface area contributed by atoms with Gasteiger partial charge in [-0.2, -0.15) is 0 Å². The third-order valence-electron chi connectivity index (χ3n) is 7.47. The van der Waals surface area contributed by atoms with Crippen LogP contribution in [0.15, 0.2) is 60.7 Å². The number of hydrogen-bond acceptors (Lipinski definition) is 4. The van der Waals surface area contributed by atoms with Gasteiger partial charge in [0.15, 0.2) is 0 Å². The van der Waals surface area contributed by atoms with Crippen LogP contribution in [-0.4, -0.2) is 51.7 Å². The van der Waals surface area contributed by atoms with Crippen molar-refractivity contribution < 1.29 is 15.0 Å². The predicted molar refractivity (Wildman–Crippen MR) is 123 cm³/mol. The quantitative estimate of drug-likeness (QED) is 0.774. The number of benzene rings is 2. The molecule has 2 fully saturated rings. The number of nitrogens with zero attached hydrogens (tertiary/aromatic N) is 1. The van der Waals surface area contributed by atoms with Crippen LogP contribution in [-0.2, 0) is 17.6 Å². The molecule has 3 unspecified atom stereocenters. The Bertz CT molecular complexity index is 907. The van der Waals surface area contributed by atoms with E-state index < -0.39 is 23.0 Å². The Morgan fingerprint density at radius 2 is 1.55 bits per heavy atom. The van der Waals surface area contributed by atoms with Gasteiger partial charge in [0.2, 0.25) is 0 Å². The van der Waals surface area contributed by atoms with E-state index in [1.165, 1.54) is 0 Å². The van der Waals surface area contributed by atoms with Crippen LogP contribution in [0.5, 0.6) is 0 Å². The second kappa shape index (κ2) is 8.16. The molecule has 0 amide bonds. The van der Waals surface area contributed by atoms with Gasteiger partial charge in [-0.1, -0.05) is 60.7 Å². The minimum Gasteiger partial charge on any atom is -0.392 e. The van der Waals surface area contributed by atoms with Crippen LogP contribution < -0.4 is 0 Å². The standard InChI is InChI=1S/C27H35NO3/c1-25(2,3)28-18-26(15-21-12-8-5-9-13-21)16-22(29)17-27(19-28,24(26)31)23(30)14-20-10-6-4-7-11-20/h4-13,23-24,30-31H,14-19H2,1-3H3/t23-,24?,26?,27?/m0/s1. The first-order chi connectivity index (χ1) is 14.6. The number of hydrogen-bond donors (Lipinski definition) is 2. The predicted octanol–water partition coefficient (Wildman–Crippen LogP) is 3.64. The lowest BCUT2D eigenvalue weighted by Gasteiger charge is -2.62. The molecule has 4 nitrogen and oxygen atoms in total. The van der Waals surface area contributed by atoms with Crippen molar-refractivity contribution in [3.05, 3.63) is 71.8 Å². The maximum absolute atomic E-state index is 13.1. The third kappa shape index (κ3) is 4.21. The highest BCUT2D eigenvalue weighted by Gasteiger charge is 2.63. The highest BCUT2D eigenvalue weighted by atomic mass is 16.3. The van der Waals surface area contributed by atoms with Gasteiger partial charge in [-0.15, -0.1) is 0 Å². The summed E-state index contributed by atoms with van der Waals surface area (Å²) in [6, 6.07) is 20.0. The zero-order valence-corrected chi connectivity index (χ0v) is 18.9. The van der Waals surface area contributed by atoms with Crippen LogP contribution in [0.4, 0.5) is 0 Å². The summed E-state index contributed by atoms with van der Waals surface area (Å²) in [7, 11) is 0. The van der Waals surface area contributed by atoms with Gasteiger partial charge in [-0.25, -0.2) is 0 Å². The molecule has 1 heterocycles. The molecule has 4 rings (SSSR count). The summed E-state index contributed by atoms with van der Waals surface area (Å²) in [4.78, 5) is 15.5. The Morgan fingerprint density at radius 3 is 2.13 bits per heavy atom. The van der Waals surface area contributed by atoms with E-state index in [1.807, 2.05) is 48.5 Å². The summed E-state index contributed by atoms with van der Waals surface area (Å²) in [5.41, 5.74) is 0.556. The Kier molecular flexibility index (Phi) is 5.84. The van der Waals surface area contributed by atoms with Crippen molar-refractivity contribution >= 4 is 5.78 Å². The van der Waals surface area contributed by atoms with Gasteiger partial charge in [-0.3, -0.25) is 9.69 Å². The number of likely N-dealkylation sites (tertiary alicyclic amines) is 1. The molecule has 2 aromatic carbocycles. The number of ketones is 1. The largest absolute Gasteiger partial charge is 0.392 e. The minimum atomic E-state index is -0.870. The molecule has 2 aliphatic rings. The Labute approximate surface area is 185 Å². The molecule has 166 valence electrons. The molecule has 0 spiro atoms. The summed E-state index contributed by atoms with van der Waals surface area (Å²) < 4.78 is 0. The van der Waals surface area contributed by atoms with Crippen LogP contribution in [0.2, 0.25) is 0 Å². The van der Waals surface area contributed by atoms with Crippen LogP contribution in [0.3, 0.4) is 0 Å². The summed E-state index contributed by atoms with van der Waals surface area (Å²) >= 11 is 0. The number of aliphatic hydroxyl groups excluding tert-OH is 2. The van der Waals surface area contributed by atoms with E-state index >= 15 is 0 Å². The first kappa shape index (κ1) is 22.2. The monoisotopic (exact) mass is 421 g/mol. The first-order valence-corrected chi connectivity index (χ1v) is 11.4. The topological polar surface area (TPSA) is 60.8 Å². The lowest BCUT2D eigenvalue weighted by molar-refractivity contribution is -0.213. The van der Waals surface area contributed by atoms with Gasteiger partial charge >= 0.3 is 0 Å². The average molecular weight is 422 g/mol. The molecule has 0 aromatic heterocycles. The molecule has 2 aromatic rings. The number of Topliss-reactive ketones (excluding diaryl/α,β-unsaturated/α-hetero) is 1. The van der Waals surface area contributed by atoms with Crippen LogP contribution in [0.1, 0.15) is 44.7 Å². The molecule has 2 N–H and O–H groups in total. The summed E-state index contributed by atoms with van der Waals surface area (Å²) in [6.45, 7) is 7.70. The van der Waals surface area contributed by atoms with Crippen molar-refractivity contribution in [1.29, 1.82) is 0 Å². The van der Waals surface area contributed by atoms with Gasteiger partial charge in [-0.05, 0) is 44.7 Å². The molecule has 4 atom stereocenters. The molecule has 2 bridgehead atoms. The van der Waals surface area contributed by atoms with E-state index in [2.05, 4.69) is 37.8 Å². The second-order valence-electron chi connectivity index (χ2n) is 10.8. The number of piperidine rings is 1. The molecule has 1 saturated carbocycles. The van der Waals surface area contributed by atoms with E-state index in [1.54, 1.807) is 0 Å². The summed E-state index contributed by atoms with van der Waals surface area (Å²) in [6.07, 6.45) is 0.114. The molecule has 1 saturated heterocycles. The molecule has 31 heavy (non-hydrogen) atoms. The molecule has 1 aliphatic heterocycles. The van der Waals surface area contributed by atoms with E-state index in [9.17, 15) is 15.0 Å². The summed E-state index contributed by atoms with van der Waals surface area (Å²) in [5.74, 6) is 0.155. The zero-order valence-electron chi connectivity index (χ0n) is 18.9. The number of carbonyl (C=O) groups is 1. The van der Waals surface area contributed by atoms with Crippen LogP contribution >= 0.6 is 0 Å². The molecule has 4 heteroatoms. The van der Waals surface area contributed by atoms with Crippen LogP contribution in [0, 0.1) is 10.8 Å². The minimum absolute atomic E-state index is 0.125. The maximum Gasteiger partial charge on any atom is 0.134 e. The van der Waals surface area contributed by atoms with Gasteiger partial charge < -0.3 is 10.2 Å². The first-order valence-electron chi connectivity index (χ1n) is 11.4. The highest BCUT2D eigenvalue weighted by Crippen LogP contribution is 2.54. The van der Waals surface area contributed by atoms with Crippen molar-refractivity contribution in [2.24, 2.45) is 10.8 Å². The van der Waals surface area contributed by atoms with Gasteiger partial charge in [0.05, 0.1) is 12.2 Å². The smallest absolute Gasteiger partial charge is 0.134 e. The van der Waals surface area contributed by atoms with Crippen molar-refractivity contribution in [2.75, 3.05) is 13.1 Å². The normalized spacial score (nSPS) is 30.2. The fourth-order valence-electron chi connectivity index (χ4n) is 5.84. The van der Waals surface area contributed by atoms with E-state index in [4.69, 9.17) is 0 Å². The molecule has 1 aliphatic carbocycles. The highest BCUT2D eigenvalue weighted by molar-refractivity contribution is 5.82. The molecular formula is C27H35NO3. The lowest BCUT2D eigenvalue weighted by Crippen LogP contribution is -2.72. The fourth-order valence-corrected chi connectivity index (χ4v) is 5.84. The van der Waals surface area contributed by atoms with E-state index in [0.717, 1.165) is 11.1 Å². The van der Waals surface area contributed by atoms with Crippen molar-refractivity contribution in [3.63, 3.8) is 0 Å². The number of rotatable bonds is 5. The number of fused-ring (bicyclic) bond motifs is 2. The Hall–Kier alpha value is -2.01. The third-order valence-corrected chi connectivity index (χ3v) is 7.47. The Morgan fingerprint density at radius 1 is 0.968 bits per heavy atom. The number of aliphatic hydroxyl groups is 2. The van der Waals surface area contributed by atoms with Crippen LogP contribution in [0.25, 0.3) is 0 Å². The maximum atomic E-state index is 13.1.